The molecule has 0 unspecified atom stereocenters. The number of nitrogens with zero attached hydrogens (tertiary/aromatic N) is 2. The van der Waals surface area contributed by atoms with Crippen LogP contribution in [-0.4, -0.2) is 22.1 Å². The third kappa shape index (κ3) is 1.46. The quantitative estimate of drug-likeness (QED) is 0.674. The Bertz CT molecular complexity index is 368. The van der Waals surface area contributed by atoms with E-state index in [9.17, 15) is 4.79 Å². The van der Waals surface area contributed by atoms with Gasteiger partial charge in [0.2, 0.25) is 0 Å². The van der Waals surface area contributed by atoms with Gasteiger partial charge < -0.3 is 5.32 Å². The van der Waals surface area contributed by atoms with Gasteiger partial charge in [0.1, 0.15) is 5.69 Å². The Hall–Kier alpha value is -1.16. The second-order valence-electron chi connectivity index (χ2n) is 3.73. The summed E-state index contributed by atoms with van der Waals surface area (Å²) in [5, 5.41) is 7.66. The number of Topliss-reactive ketones (excluding diaryl/α,β-unsaturated/α-hetero) is 1. The Balaban J connectivity index is 2.45. The molecule has 1 N–H and O–H groups in total. The molecule has 0 saturated heterocycles. The number of nitrogens with one attached hydrogen (secondary N) is 1. The number of aryl methyl sites for hydroxylation is 1. The zero-order valence-corrected chi connectivity index (χ0v) is 8.63. The van der Waals surface area contributed by atoms with Crippen molar-refractivity contribution in [3.8, 4) is 0 Å². The minimum Gasteiger partial charge on any atom is -0.311 e. The molecule has 76 valence electrons. The van der Waals surface area contributed by atoms with Gasteiger partial charge in [0.15, 0.2) is 5.78 Å². The number of ketones is 1. The molecule has 1 aliphatic heterocycles. The summed E-state index contributed by atoms with van der Waals surface area (Å²) in [4.78, 5) is 11.3. The Morgan fingerprint density at radius 1 is 1.57 bits per heavy atom. The first-order valence-corrected chi connectivity index (χ1v) is 4.98. The van der Waals surface area contributed by atoms with Gasteiger partial charge in [-0.1, -0.05) is 0 Å². The van der Waals surface area contributed by atoms with Crippen LogP contribution in [-0.2, 0) is 13.1 Å². The Morgan fingerprint density at radius 2 is 2.36 bits per heavy atom. The van der Waals surface area contributed by atoms with Gasteiger partial charge in [-0.15, -0.1) is 0 Å². The molecule has 0 saturated carbocycles. The molecule has 0 bridgehead atoms. The number of hydrogen-bond acceptors (Lipinski definition) is 3. The lowest BCUT2D eigenvalue weighted by Crippen LogP contribution is -2.13. The van der Waals surface area contributed by atoms with Gasteiger partial charge in [-0.25, -0.2) is 0 Å². The molecule has 2 rings (SSSR count). The molecule has 14 heavy (non-hydrogen) atoms. The smallest absolute Gasteiger partial charge is 0.180 e. The van der Waals surface area contributed by atoms with Gasteiger partial charge in [-0.2, -0.15) is 5.10 Å². The number of rotatable bonds is 1. The third-order valence-electron chi connectivity index (χ3n) is 2.67. The van der Waals surface area contributed by atoms with Crippen LogP contribution in [0.15, 0.2) is 0 Å². The molecule has 2 heterocycles. The SMILES string of the molecule is CC(=O)c1nn2c(c1C)CNCCC2. The molecule has 1 aliphatic rings. The lowest BCUT2D eigenvalue weighted by molar-refractivity contribution is 0.101. The normalized spacial score (nSPS) is 16.1. The van der Waals surface area contributed by atoms with Crippen molar-refractivity contribution in [1.82, 2.24) is 15.1 Å². The minimum absolute atomic E-state index is 0.0584. The lowest BCUT2D eigenvalue weighted by atomic mass is 10.1. The van der Waals surface area contributed by atoms with Crippen molar-refractivity contribution in [3.05, 3.63) is 17.0 Å². The van der Waals surface area contributed by atoms with Crippen molar-refractivity contribution >= 4 is 5.78 Å². The second-order valence-corrected chi connectivity index (χ2v) is 3.73. The van der Waals surface area contributed by atoms with Crippen LogP contribution in [0.1, 0.15) is 35.1 Å². The molecular formula is C10H15N3O. The molecule has 4 heteroatoms. The van der Waals surface area contributed by atoms with Crippen molar-refractivity contribution in [3.63, 3.8) is 0 Å². The third-order valence-corrected chi connectivity index (χ3v) is 2.67. The molecule has 0 amide bonds. The second kappa shape index (κ2) is 3.53. The van der Waals surface area contributed by atoms with Crippen LogP contribution in [0, 0.1) is 6.92 Å². The van der Waals surface area contributed by atoms with Gasteiger partial charge in [0.05, 0.1) is 5.69 Å². The molecule has 0 radical (unpaired) electrons. The van der Waals surface area contributed by atoms with Crippen molar-refractivity contribution in [2.45, 2.75) is 33.4 Å². The van der Waals surface area contributed by atoms with Gasteiger partial charge in [0.25, 0.3) is 0 Å². The summed E-state index contributed by atoms with van der Waals surface area (Å²) in [5.74, 6) is 0.0584. The summed E-state index contributed by atoms with van der Waals surface area (Å²) in [6, 6.07) is 0. The van der Waals surface area contributed by atoms with Crippen LogP contribution in [0.4, 0.5) is 0 Å². The molecule has 1 aromatic heterocycles. The van der Waals surface area contributed by atoms with Crippen molar-refractivity contribution in [1.29, 1.82) is 0 Å². The van der Waals surface area contributed by atoms with E-state index in [4.69, 9.17) is 0 Å². The largest absolute Gasteiger partial charge is 0.311 e. The number of carbonyl (C=O) groups excluding carboxylic acids is 1. The van der Waals surface area contributed by atoms with E-state index in [0.29, 0.717) is 5.69 Å². The molecule has 1 aromatic rings. The lowest BCUT2D eigenvalue weighted by Gasteiger charge is -2.00. The summed E-state index contributed by atoms with van der Waals surface area (Å²) in [5.41, 5.74) is 2.82. The number of aromatic nitrogens is 2. The van der Waals surface area contributed by atoms with E-state index in [1.54, 1.807) is 6.92 Å². The van der Waals surface area contributed by atoms with Gasteiger partial charge in [-0.05, 0) is 19.9 Å². The molecule has 0 spiro atoms. The highest BCUT2D eigenvalue weighted by atomic mass is 16.1. The zero-order valence-electron chi connectivity index (χ0n) is 8.63. The van der Waals surface area contributed by atoms with Crippen molar-refractivity contribution < 1.29 is 4.79 Å². The summed E-state index contributed by atoms with van der Waals surface area (Å²) in [7, 11) is 0. The Kier molecular flexibility index (Phi) is 2.37. The highest BCUT2D eigenvalue weighted by molar-refractivity contribution is 5.93. The number of carbonyl (C=O) groups is 1. The van der Waals surface area contributed by atoms with E-state index in [1.807, 2.05) is 11.6 Å². The standard InChI is InChI=1S/C10H15N3O/c1-7-9-6-11-4-3-5-13(9)12-10(7)8(2)14/h11H,3-6H2,1-2H3. The van der Waals surface area contributed by atoms with Crippen molar-refractivity contribution in [2.75, 3.05) is 6.54 Å². The monoisotopic (exact) mass is 193 g/mol. The van der Waals surface area contributed by atoms with E-state index in [-0.39, 0.29) is 5.78 Å². The average molecular weight is 193 g/mol. The van der Waals surface area contributed by atoms with Crippen LogP contribution < -0.4 is 5.32 Å². The predicted molar refractivity (Wildman–Crippen MR) is 53.3 cm³/mol. The summed E-state index contributed by atoms with van der Waals surface area (Å²) in [6.45, 7) is 6.31. The highest BCUT2D eigenvalue weighted by Crippen LogP contribution is 2.15. The Morgan fingerprint density at radius 3 is 3.07 bits per heavy atom. The highest BCUT2D eigenvalue weighted by Gasteiger charge is 2.17. The van der Waals surface area contributed by atoms with Crippen LogP contribution in [0.2, 0.25) is 0 Å². The molecule has 0 fully saturated rings. The summed E-state index contributed by atoms with van der Waals surface area (Å²) in [6.07, 6.45) is 1.07. The van der Waals surface area contributed by atoms with Crippen LogP contribution in [0.3, 0.4) is 0 Å². The molecule has 0 aliphatic carbocycles. The van der Waals surface area contributed by atoms with Crippen LogP contribution >= 0.6 is 0 Å². The van der Waals surface area contributed by atoms with E-state index in [2.05, 4.69) is 10.4 Å². The van der Waals surface area contributed by atoms with Gasteiger partial charge in [0, 0.05) is 25.6 Å². The van der Waals surface area contributed by atoms with E-state index >= 15 is 0 Å². The molecule has 4 nitrogen and oxygen atoms in total. The summed E-state index contributed by atoms with van der Waals surface area (Å²) < 4.78 is 1.96. The minimum atomic E-state index is 0.0584. The molecular weight excluding hydrogens is 178 g/mol. The molecule has 0 atom stereocenters. The van der Waals surface area contributed by atoms with E-state index in [1.165, 1.54) is 0 Å². The van der Waals surface area contributed by atoms with Crippen LogP contribution in [0.5, 0.6) is 0 Å². The van der Waals surface area contributed by atoms with E-state index < -0.39 is 0 Å². The summed E-state index contributed by atoms with van der Waals surface area (Å²) >= 11 is 0. The Labute approximate surface area is 83.3 Å². The fraction of sp³-hybridized carbons (Fsp3) is 0.600. The maximum atomic E-state index is 11.3. The first-order chi connectivity index (χ1) is 6.70. The van der Waals surface area contributed by atoms with Gasteiger partial charge in [-0.3, -0.25) is 9.48 Å². The maximum Gasteiger partial charge on any atom is 0.180 e. The topological polar surface area (TPSA) is 46.9 Å². The zero-order chi connectivity index (χ0) is 10.1. The van der Waals surface area contributed by atoms with Gasteiger partial charge >= 0.3 is 0 Å². The first kappa shape index (κ1) is 9.40. The number of hydrogen-bond donors (Lipinski definition) is 1. The predicted octanol–water partition coefficient (Wildman–Crippen LogP) is 0.887. The fourth-order valence-corrected chi connectivity index (χ4v) is 1.89. The maximum absolute atomic E-state index is 11.3. The average Bonchev–Trinajstić information content (AvgIpc) is 2.37. The first-order valence-electron chi connectivity index (χ1n) is 4.98. The van der Waals surface area contributed by atoms with Crippen molar-refractivity contribution in [2.24, 2.45) is 0 Å². The molecule has 0 aromatic carbocycles. The van der Waals surface area contributed by atoms with E-state index in [0.717, 1.165) is 37.3 Å². The van der Waals surface area contributed by atoms with Crippen LogP contribution in [0.25, 0.3) is 0 Å². The number of fused-ring (bicyclic) bond motifs is 1. The fourth-order valence-electron chi connectivity index (χ4n) is 1.89.